The van der Waals surface area contributed by atoms with Crippen LogP contribution in [0, 0.1) is 10.5 Å². The highest BCUT2D eigenvalue weighted by molar-refractivity contribution is 14.1. The lowest BCUT2D eigenvalue weighted by atomic mass is 9.99. The van der Waals surface area contributed by atoms with E-state index in [-0.39, 0.29) is 0 Å². The maximum absolute atomic E-state index is 4.70. The predicted octanol–water partition coefficient (Wildman–Crippen LogP) is 4.71. The van der Waals surface area contributed by atoms with Gasteiger partial charge in [0.25, 0.3) is 0 Å². The number of rotatable bonds is 1. The Morgan fingerprint density at radius 1 is 1.05 bits per heavy atom. The molecule has 0 aliphatic carbocycles. The molecule has 0 N–H and O–H groups in total. The fourth-order valence-electron chi connectivity index (χ4n) is 3.27. The summed E-state index contributed by atoms with van der Waals surface area (Å²) < 4.78 is 1.23. The molecule has 0 fully saturated rings. The number of fused-ring (bicyclic) bond motifs is 2. The number of nitrogens with zero attached hydrogens (tertiary/aromatic N) is 2. The summed E-state index contributed by atoms with van der Waals surface area (Å²) in [4.78, 5) is 7.20. The molecule has 0 saturated heterocycles. The Morgan fingerprint density at radius 3 is 2.73 bits per heavy atom. The Balaban J connectivity index is 1.82. The molecule has 1 aliphatic heterocycles. The topological polar surface area (TPSA) is 16.1 Å². The van der Waals surface area contributed by atoms with Gasteiger partial charge in [-0.15, -0.1) is 0 Å². The lowest BCUT2D eigenvalue weighted by Crippen LogP contribution is -2.30. The molecule has 0 bridgehead atoms. The summed E-state index contributed by atoms with van der Waals surface area (Å²) in [6.07, 6.45) is 1.11. The average molecular weight is 400 g/mol. The Bertz CT molecular complexity index is 852. The van der Waals surface area contributed by atoms with E-state index in [1.54, 1.807) is 0 Å². The van der Waals surface area contributed by atoms with Gasteiger partial charge in [0.1, 0.15) is 0 Å². The smallest absolute Gasteiger partial charge is 0.0736 e. The third-order valence-electron chi connectivity index (χ3n) is 4.35. The van der Waals surface area contributed by atoms with Gasteiger partial charge in [-0.25, -0.2) is 0 Å². The molecule has 0 amide bonds. The maximum Gasteiger partial charge on any atom is 0.0736 e. The van der Waals surface area contributed by atoms with Gasteiger partial charge in [0.05, 0.1) is 5.52 Å². The van der Waals surface area contributed by atoms with Crippen LogP contribution in [0.15, 0.2) is 48.5 Å². The number of anilines is 1. The molecule has 1 aromatic heterocycles. The fourth-order valence-corrected chi connectivity index (χ4v) is 3.75. The van der Waals surface area contributed by atoms with Gasteiger partial charge in [-0.05, 0) is 71.3 Å². The molecular weight excluding hydrogens is 383 g/mol. The van der Waals surface area contributed by atoms with Gasteiger partial charge >= 0.3 is 0 Å². The highest BCUT2D eigenvalue weighted by Gasteiger charge is 2.18. The van der Waals surface area contributed by atoms with Crippen molar-refractivity contribution in [3.05, 3.63) is 68.9 Å². The van der Waals surface area contributed by atoms with Gasteiger partial charge in [-0.2, -0.15) is 0 Å². The number of hydrogen-bond acceptors (Lipinski definition) is 2. The van der Waals surface area contributed by atoms with E-state index < -0.39 is 0 Å². The summed E-state index contributed by atoms with van der Waals surface area (Å²) in [5.41, 5.74) is 6.43. The molecule has 0 unspecified atom stereocenters. The minimum Gasteiger partial charge on any atom is -0.366 e. The zero-order valence-corrected chi connectivity index (χ0v) is 14.7. The standard InChI is InChI=1S/C19H17IN2/c1-13-10-19(17-7-6-16(20)11-18(17)21-13)22-9-8-14-4-2-3-5-15(14)12-22/h2-7,10-11H,8-9,12H2,1H3. The Morgan fingerprint density at radius 2 is 1.86 bits per heavy atom. The maximum atomic E-state index is 4.70. The minimum atomic E-state index is 0.987. The Hall–Kier alpha value is -1.62. The Labute approximate surface area is 144 Å². The molecule has 3 heteroatoms. The number of benzene rings is 2. The molecule has 1 aliphatic rings. The number of pyridine rings is 1. The molecule has 0 spiro atoms. The van der Waals surface area contributed by atoms with Crippen LogP contribution >= 0.6 is 22.6 Å². The second kappa shape index (κ2) is 5.54. The van der Waals surface area contributed by atoms with Crippen molar-refractivity contribution in [2.75, 3.05) is 11.4 Å². The largest absolute Gasteiger partial charge is 0.366 e. The van der Waals surface area contributed by atoms with Crippen LogP contribution in [-0.2, 0) is 13.0 Å². The van der Waals surface area contributed by atoms with Crippen molar-refractivity contribution in [2.24, 2.45) is 0 Å². The van der Waals surface area contributed by atoms with Crippen LogP contribution in [0.5, 0.6) is 0 Å². The molecule has 110 valence electrons. The van der Waals surface area contributed by atoms with Crippen molar-refractivity contribution in [3.63, 3.8) is 0 Å². The van der Waals surface area contributed by atoms with Crippen LogP contribution in [0.3, 0.4) is 0 Å². The van der Waals surface area contributed by atoms with E-state index in [0.717, 1.165) is 30.7 Å². The van der Waals surface area contributed by atoms with E-state index in [9.17, 15) is 0 Å². The van der Waals surface area contributed by atoms with Gasteiger partial charge in [-0.1, -0.05) is 24.3 Å². The zero-order chi connectivity index (χ0) is 15.1. The molecule has 0 saturated carbocycles. The highest BCUT2D eigenvalue weighted by Crippen LogP contribution is 2.31. The van der Waals surface area contributed by atoms with E-state index in [1.807, 2.05) is 0 Å². The lowest BCUT2D eigenvalue weighted by Gasteiger charge is -2.31. The molecule has 0 radical (unpaired) electrons. The summed E-state index contributed by atoms with van der Waals surface area (Å²) in [6.45, 7) is 4.14. The molecule has 22 heavy (non-hydrogen) atoms. The van der Waals surface area contributed by atoms with E-state index in [4.69, 9.17) is 4.98 Å². The SMILES string of the molecule is Cc1cc(N2CCc3ccccc3C2)c2ccc(I)cc2n1. The molecule has 3 aromatic rings. The fraction of sp³-hybridized carbons (Fsp3) is 0.211. The Kier molecular flexibility index (Phi) is 3.53. The summed E-state index contributed by atoms with van der Waals surface area (Å²) >= 11 is 2.35. The second-order valence-corrected chi connectivity index (χ2v) is 7.13. The zero-order valence-electron chi connectivity index (χ0n) is 12.5. The van der Waals surface area contributed by atoms with Crippen LogP contribution in [0.4, 0.5) is 5.69 Å². The van der Waals surface area contributed by atoms with Gasteiger partial charge in [0.15, 0.2) is 0 Å². The van der Waals surface area contributed by atoms with Crippen molar-refractivity contribution in [3.8, 4) is 0 Å². The first-order chi connectivity index (χ1) is 10.7. The second-order valence-electron chi connectivity index (χ2n) is 5.88. The quantitative estimate of drug-likeness (QED) is 0.550. The van der Waals surface area contributed by atoms with E-state index in [1.165, 1.54) is 25.8 Å². The number of aryl methyl sites for hydroxylation is 1. The molecule has 2 heterocycles. The monoisotopic (exact) mass is 400 g/mol. The first-order valence-corrected chi connectivity index (χ1v) is 8.67. The summed E-state index contributed by atoms with van der Waals surface area (Å²) in [7, 11) is 0. The summed E-state index contributed by atoms with van der Waals surface area (Å²) in [5, 5.41) is 1.25. The van der Waals surface area contributed by atoms with Gasteiger partial charge in [0, 0.05) is 33.4 Å². The van der Waals surface area contributed by atoms with Crippen molar-refractivity contribution >= 4 is 39.2 Å². The first kappa shape index (κ1) is 14.0. The van der Waals surface area contributed by atoms with Crippen LogP contribution in [0.1, 0.15) is 16.8 Å². The first-order valence-electron chi connectivity index (χ1n) is 7.59. The van der Waals surface area contributed by atoms with Gasteiger partial charge < -0.3 is 4.90 Å². The van der Waals surface area contributed by atoms with Gasteiger partial charge in [-0.3, -0.25) is 4.98 Å². The van der Waals surface area contributed by atoms with Crippen molar-refractivity contribution in [1.29, 1.82) is 0 Å². The van der Waals surface area contributed by atoms with Crippen LogP contribution < -0.4 is 4.90 Å². The molecule has 2 nitrogen and oxygen atoms in total. The normalized spacial score (nSPS) is 14.2. The van der Waals surface area contributed by atoms with Crippen LogP contribution in [-0.4, -0.2) is 11.5 Å². The summed E-state index contributed by atoms with van der Waals surface area (Å²) in [5.74, 6) is 0. The van der Waals surface area contributed by atoms with Crippen molar-refractivity contribution < 1.29 is 0 Å². The average Bonchev–Trinajstić information content (AvgIpc) is 2.53. The predicted molar refractivity (Wildman–Crippen MR) is 100 cm³/mol. The van der Waals surface area contributed by atoms with Gasteiger partial charge in [0.2, 0.25) is 0 Å². The number of aromatic nitrogens is 1. The molecular formula is C19H17IN2. The van der Waals surface area contributed by atoms with E-state index in [0.29, 0.717) is 0 Å². The molecule has 4 rings (SSSR count). The van der Waals surface area contributed by atoms with Crippen LogP contribution in [0.25, 0.3) is 10.9 Å². The lowest BCUT2D eigenvalue weighted by molar-refractivity contribution is 0.733. The third kappa shape index (κ3) is 2.47. The third-order valence-corrected chi connectivity index (χ3v) is 5.02. The van der Waals surface area contributed by atoms with Crippen molar-refractivity contribution in [1.82, 2.24) is 4.98 Å². The van der Waals surface area contributed by atoms with E-state index in [2.05, 4.69) is 82.9 Å². The number of halogens is 1. The summed E-state index contributed by atoms with van der Waals surface area (Å²) in [6, 6.07) is 17.6. The molecule has 0 atom stereocenters. The molecule has 2 aromatic carbocycles. The minimum absolute atomic E-state index is 0.987. The van der Waals surface area contributed by atoms with Crippen LogP contribution in [0.2, 0.25) is 0 Å². The van der Waals surface area contributed by atoms with E-state index >= 15 is 0 Å². The highest BCUT2D eigenvalue weighted by atomic mass is 127. The van der Waals surface area contributed by atoms with Crippen molar-refractivity contribution in [2.45, 2.75) is 19.9 Å². The number of hydrogen-bond donors (Lipinski definition) is 0.